The summed E-state index contributed by atoms with van der Waals surface area (Å²) >= 11 is 7.35. The zero-order valence-electron chi connectivity index (χ0n) is 17.4. The molecule has 0 saturated carbocycles. The van der Waals surface area contributed by atoms with E-state index < -0.39 is 5.82 Å². The van der Waals surface area contributed by atoms with Crippen molar-refractivity contribution in [3.8, 4) is 21.8 Å². The fourth-order valence-electron chi connectivity index (χ4n) is 2.93. The Labute approximate surface area is 192 Å². The second kappa shape index (κ2) is 10.0. The SMILES string of the molecule is COCCCNc1nc(Nc2ccc(F)c(Cl)c2)ncc1-c1nc(-c2cnoc2C)cs1. The number of nitrogens with zero attached hydrogens (tertiary/aromatic N) is 4. The third kappa shape index (κ3) is 5.04. The second-order valence-electron chi connectivity index (χ2n) is 6.82. The highest BCUT2D eigenvalue weighted by molar-refractivity contribution is 7.13. The molecule has 0 aliphatic carbocycles. The second-order valence-corrected chi connectivity index (χ2v) is 8.08. The summed E-state index contributed by atoms with van der Waals surface area (Å²) in [5.41, 5.74) is 2.95. The van der Waals surface area contributed by atoms with Crippen molar-refractivity contribution in [2.24, 2.45) is 0 Å². The summed E-state index contributed by atoms with van der Waals surface area (Å²) in [7, 11) is 1.66. The molecule has 3 aromatic heterocycles. The fraction of sp³-hybridized carbons (Fsp3) is 0.238. The van der Waals surface area contributed by atoms with Crippen molar-refractivity contribution < 1.29 is 13.7 Å². The van der Waals surface area contributed by atoms with Crippen LogP contribution in [-0.4, -0.2) is 40.4 Å². The van der Waals surface area contributed by atoms with Gasteiger partial charge in [0.25, 0.3) is 0 Å². The molecule has 0 fully saturated rings. The molecule has 11 heteroatoms. The minimum atomic E-state index is -0.489. The number of halogens is 2. The Balaban J connectivity index is 1.63. The van der Waals surface area contributed by atoms with Crippen molar-refractivity contribution >= 4 is 40.4 Å². The van der Waals surface area contributed by atoms with E-state index in [9.17, 15) is 4.39 Å². The Morgan fingerprint density at radius 1 is 1.22 bits per heavy atom. The summed E-state index contributed by atoms with van der Waals surface area (Å²) < 4.78 is 23.7. The van der Waals surface area contributed by atoms with E-state index in [1.807, 2.05) is 12.3 Å². The molecule has 0 radical (unpaired) electrons. The van der Waals surface area contributed by atoms with Gasteiger partial charge >= 0.3 is 0 Å². The van der Waals surface area contributed by atoms with Gasteiger partial charge in [0.1, 0.15) is 22.4 Å². The number of aromatic nitrogens is 4. The molecule has 0 aliphatic rings. The molecule has 0 spiro atoms. The Bertz CT molecular complexity index is 1210. The molecule has 32 heavy (non-hydrogen) atoms. The largest absolute Gasteiger partial charge is 0.385 e. The highest BCUT2D eigenvalue weighted by Crippen LogP contribution is 2.34. The van der Waals surface area contributed by atoms with E-state index in [2.05, 4.69) is 25.8 Å². The van der Waals surface area contributed by atoms with Gasteiger partial charge in [-0.25, -0.2) is 14.4 Å². The molecule has 4 rings (SSSR count). The van der Waals surface area contributed by atoms with Gasteiger partial charge in [0.2, 0.25) is 5.95 Å². The van der Waals surface area contributed by atoms with E-state index >= 15 is 0 Å². The third-order valence-corrected chi connectivity index (χ3v) is 5.71. The Hall–Kier alpha value is -3.08. The van der Waals surface area contributed by atoms with Gasteiger partial charge in [-0.3, -0.25) is 0 Å². The number of hydrogen-bond acceptors (Lipinski definition) is 9. The van der Waals surface area contributed by atoms with Gasteiger partial charge in [0.15, 0.2) is 0 Å². The molecular weight excluding hydrogens is 455 g/mol. The van der Waals surface area contributed by atoms with E-state index in [1.165, 1.54) is 23.5 Å². The first-order valence-electron chi connectivity index (χ1n) is 9.74. The lowest BCUT2D eigenvalue weighted by atomic mass is 10.2. The molecule has 1 aromatic carbocycles. The molecular formula is C21H20ClFN6O2S. The average molecular weight is 475 g/mol. The van der Waals surface area contributed by atoms with Crippen molar-refractivity contribution in [2.45, 2.75) is 13.3 Å². The summed E-state index contributed by atoms with van der Waals surface area (Å²) in [5.74, 6) is 1.18. The van der Waals surface area contributed by atoms with Gasteiger partial charge in [0, 0.05) is 37.5 Å². The lowest BCUT2D eigenvalue weighted by molar-refractivity contribution is 0.198. The fourth-order valence-corrected chi connectivity index (χ4v) is 3.94. The van der Waals surface area contributed by atoms with Gasteiger partial charge in [-0.1, -0.05) is 16.8 Å². The first-order valence-corrected chi connectivity index (χ1v) is 11.0. The molecule has 166 valence electrons. The lowest BCUT2D eigenvalue weighted by Gasteiger charge is -2.12. The zero-order chi connectivity index (χ0) is 22.5. The highest BCUT2D eigenvalue weighted by Gasteiger charge is 2.16. The van der Waals surface area contributed by atoms with Crippen molar-refractivity contribution in [3.05, 3.63) is 52.6 Å². The number of rotatable bonds is 9. The molecule has 8 nitrogen and oxygen atoms in total. The molecule has 0 amide bonds. The Kier molecular flexibility index (Phi) is 6.93. The highest BCUT2D eigenvalue weighted by atomic mass is 35.5. The minimum absolute atomic E-state index is 0.0175. The maximum absolute atomic E-state index is 13.4. The first kappa shape index (κ1) is 22.1. The molecule has 0 unspecified atom stereocenters. The van der Waals surface area contributed by atoms with Crippen molar-refractivity contribution in [1.82, 2.24) is 20.1 Å². The van der Waals surface area contributed by atoms with Gasteiger partial charge in [0.05, 0.1) is 28.0 Å². The monoisotopic (exact) mass is 474 g/mol. The number of hydrogen-bond donors (Lipinski definition) is 2. The quantitative estimate of drug-likeness (QED) is 0.305. The topological polar surface area (TPSA) is 98.0 Å². The molecule has 0 saturated heterocycles. The predicted molar refractivity (Wildman–Crippen MR) is 123 cm³/mol. The minimum Gasteiger partial charge on any atom is -0.385 e. The van der Waals surface area contributed by atoms with Crippen LogP contribution >= 0.6 is 22.9 Å². The van der Waals surface area contributed by atoms with Crippen LogP contribution in [0.1, 0.15) is 12.2 Å². The number of nitrogens with one attached hydrogen (secondary N) is 2. The summed E-state index contributed by atoms with van der Waals surface area (Å²) in [4.78, 5) is 13.7. The van der Waals surface area contributed by atoms with Crippen LogP contribution in [0.3, 0.4) is 0 Å². The van der Waals surface area contributed by atoms with Crippen LogP contribution in [0.5, 0.6) is 0 Å². The molecule has 4 aromatic rings. The van der Waals surface area contributed by atoms with Crippen LogP contribution in [0.15, 0.2) is 40.5 Å². The number of thiazole rings is 1. The van der Waals surface area contributed by atoms with Crippen molar-refractivity contribution in [1.29, 1.82) is 0 Å². The normalized spacial score (nSPS) is 11.0. The number of anilines is 3. The van der Waals surface area contributed by atoms with Gasteiger partial charge < -0.3 is 19.9 Å². The van der Waals surface area contributed by atoms with Gasteiger partial charge in [-0.05, 0) is 31.5 Å². The van der Waals surface area contributed by atoms with Crippen molar-refractivity contribution in [2.75, 3.05) is 30.9 Å². The molecule has 0 atom stereocenters. The van der Waals surface area contributed by atoms with Crippen LogP contribution < -0.4 is 10.6 Å². The molecule has 2 N–H and O–H groups in total. The first-order chi connectivity index (χ1) is 15.5. The van der Waals surface area contributed by atoms with Gasteiger partial charge in [-0.2, -0.15) is 4.98 Å². The zero-order valence-corrected chi connectivity index (χ0v) is 18.9. The Morgan fingerprint density at radius 3 is 2.84 bits per heavy atom. The van der Waals surface area contributed by atoms with Crippen LogP contribution in [0, 0.1) is 12.7 Å². The summed E-state index contributed by atoms with van der Waals surface area (Å²) in [6, 6.07) is 4.33. The predicted octanol–water partition coefficient (Wildman–Crippen LogP) is 5.55. The van der Waals surface area contributed by atoms with E-state index in [-0.39, 0.29) is 5.02 Å². The van der Waals surface area contributed by atoms with Crippen LogP contribution in [-0.2, 0) is 4.74 Å². The van der Waals surface area contributed by atoms with E-state index in [4.69, 9.17) is 25.8 Å². The summed E-state index contributed by atoms with van der Waals surface area (Å²) in [6.45, 7) is 3.12. The van der Waals surface area contributed by atoms with Crippen LogP contribution in [0.4, 0.5) is 21.8 Å². The average Bonchev–Trinajstić information content (AvgIpc) is 3.43. The third-order valence-electron chi connectivity index (χ3n) is 4.54. The lowest BCUT2D eigenvalue weighted by Crippen LogP contribution is -2.09. The van der Waals surface area contributed by atoms with Crippen LogP contribution in [0.25, 0.3) is 21.8 Å². The molecule has 0 aliphatic heterocycles. The number of benzene rings is 1. The number of aryl methyl sites for hydroxylation is 1. The Morgan fingerprint density at radius 2 is 2.09 bits per heavy atom. The van der Waals surface area contributed by atoms with E-state index in [1.54, 1.807) is 25.6 Å². The maximum Gasteiger partial charge on any atom is 0.229 e. The number of ether oxygens (including phenoxy) is 1. The smallest absolute Gasteiger partial charge is 0.229 e. The standard InChI is InChI=1S/C21H20ClFN6O2S/c1-12-14(10-26-31-12)18-11-32-20(28-18)15-9-25-21(29-19(15)24-6-3-7-30-2)27-13-4-5-17(23)16(22)8-13/h4-5,8-11H,3,6-7H2,1-2H3,(H2,24,25,27,29). The van der Waals surface area contributed by atoms with E-state index in [0.717, 1.165) is 28.2 Å². The van der Waals surface area contributed by atoms with Crippen LogP contribution in [0.2, 0.25) is 5.02 Å². The molecule has 0 bridgehead atoms. The summed E-state index contributed by atoms with van der Waals surface area (Å²) in [6.07, 6.45) is 4.15. The number of methoxy groups -OCH3 is 1. The van der Waals surface area contributed by atoms with Gasteiger partial charge in [-0.15, -0.1) is 11.3 Å². The maximum atomic E-state index is 13.4. The van der Waals surface area contributed by atoms with Crippen molar-refractivity contribution in [3.63, 3.8) is 0 Å². The summed E-state index contributed by atoms with van der Waals surface area (Å²) in [5, 5.41) is 12.9. The van der Waals surface area contributed by atoms with E-state index in [0.29, 0.717) is 36.4 Å². The molecule has 3 heterocycles.